The summed E-state index contributed by atoms with van der Waals surface area (Å²) in [6.07, 6.45) is 3.84. The van der Waals surface area contributed by atoms with Gasteiger partial charge in [-0.25, -0.2) is 0 Å². The molecule has 0 aromatic carbocycles. The summed E-state index contributed by atoms with van der Waals surface area (Å²) in [6, 6.07) is 0. The summed E-state index contributed by atoms with van der Waals surface area (Å²) in [5.41, 5.74) is 0.497. The van der Waals surface area contributed by atoms with Crippen LogP contribution in [0.5, 0.6) is 0 Å². The number of carbonyl (C=O) groups excluding carboxylic acids is 2. The van der Waals surface area contributed by atoms with Gasteiger partial charge in [-0.1, -0.05) is 0 Å². The van der Waals surface area contributed by atoms with Crippen molar-refractivity contribution in [2.75, 3.05) is 31.5 Å². The first-order valence-corrected chi connectivity index (χ1v) is 5.57. The van der Waals surface area contributed by atoms with Gasteiger partial charge in [0.1, 0.15) is 0 Å². The van der Waals surface area contributed by atoms with Crippen molar-refractivity contribution in [2.45, 2.75) is 6.42 Å². The van der Waals surface area contributed by atoms with E-state index in [0.29, 0.717) is 18.8 Å². The number of aromatic nitrogens is 2. The molecule has 0 radical (unpaired) electrons. The number of carbonyl (C=O) groups is 2. The summed E-state index contributed by atoms with van der Waals surface area (Å²) < 4.78 is 0. The van der Waals surface area contributed by atoms with E-state index in [-0.39, 0.29) is 0 Å². The fourth-order valence-corrected chi connectivity index (χ4v) is 1.70. The SMILES string of the molecule is O=C(Nc1cn[nH]c1)C(=O)N1CCCNCC1. The molecular weight excluding hydrogens is 222 g/mol. The highest BCUT2D eigenvalue weighted by atomic mass is 16.2. The van der Waals surface area contributed by atoms with Crippen molar-refractivity contribution in [3.63, 3.8) is 0 Å². The Hall–Kier alpha value is -1.89. The Morgan fingerprint density at radius 1 is 1.35 bits per heavy atom. The van der Waals surface area contributed by atoms with E-state index in [9.17, 15) is 9.59 Å². The molecule has 1 saturated heterocycles. The number of anilines is 1. The third-order valence-corrected chi connectivity index (χ3v) is 2.58. The highest BCUT2D eigenvalue weighted by Gasteiger charge is 2.22. The van der Waals surface area contributed by atoms with Crippen LogP contribution in [-0.2, 0) is 9.59 Å². The number of nitrogens with one attached hydrogen (secondary N) is 3. The van der Waals surface area contributed by atoms with Crippen LogP contribution in [0.1, 0.15) is 6.42 Å². The molecule has 0 spiro atoms. The molecule has 3 N–H and O–H groups in total. The van der Waals surface area contributed by atoms with Crippen molar-refractivity contribution in [2.24, 2.45) is 0 Å². The van der Waals surface area contributed by atoms with E-state index in [1.54, 1.807) is 4.90 Å². The van der Waals surface area contributed by atoms with E-state index in [2.05, 4.69) is 20.8 Å². The van der Waals surface area contributed by atoms with Gasteiger partial charge in [-0.3, -0.25) is 14.7 Å². The molecule has 0 bridgehead atoms. The maximum atomic E-state index is 11.8. The Bertz CT molecular complexity index is 381. The highest BCUT2D eigenvalue weighted by Crippen LogP contribution is 2.03. The Morgan fingerprint density at radius 3 is 3.00 bits per heavy atom. The zero-order valence-corrected chi connectivity index (χ0v) is 9.40. The number of aromatic amines is 1. The van der Waals surface area contributed by atoms with Gasteiger partial charge in [0, 0.05) is 25.8 Å². The van der Waals surface area contributed by atoms with Crippen molar-refractivity contribution in [1.82, 2.24) is 20.4 Å². The van der Waals surface area contributed by atoms with Gasteiger partial charge in [-0.15, -0.1) is 0 Å². The fourth-order valence-electron chi connectivity index (χ4n) is 1.70. The predicted octanol–water partition coefficient (Wildman–Crippen LogP) is -0.830. The average Bonchev–Trinajstić information content (AvgIpc) is 2.68. The van der Waals surface area contributed by atoms with E-state index in [1.165, 1.54) is 12.4 Å². The molecule has 0 unspecified atom stereocenters. The van der Waals surface area contributed by atoms with Crippen molar-refractivity contribution in [3.8, 4) is 0 Å². The molecule has 2 rings (SSSR count). The Balaban J connectivity index is 1.91. The topological polar surface area (TPSA) is 90.1 Å². The van der Waals surface area contributed by atoms with Crippen LogP contribution in [0.25, 0.3) is 0 Å². The van der Waals surface area contributed by atoms with Crippen LogP contribution in [0.4, 0.5) is 5.69 Å². The third-order valence-electron chi connectivity index (χ3n) is 2.58. The summed E-state index contributed by atoms with van der Waals surface area (Å²) in [4.78, 5) is 25.1. The van der Waals surface area contributed by atoms with Crippen molar-refractivity contribution in [3.05, 3.63) is 12.4 Å². The molecule has 0 saturated carbocycles. The third kappa shape index (κ3) is 3.04. The smallest absolute Gasteiger partial charge is 0.313 e. The number of hydrogen-bond donors (Lipinski definition) is 3. The van der Waals surface area contributed by atoms with Gasteiger partial charge in [-0.2, -0.15) is 5.10 Å². The zero-order valence-electron chi connectivity index (χ0n) is 9.40. The van der Waals surface area contributed by atoms with E-state index in [0.717, 1.165) is 19.5 Å². The number of H-pyrrole nitrogens is 1. The van der Waals surface area contributed by atoms with E-state index in [1.807, 2.05) is 0 Å². The lowest BCUT2D eigenvalue weighted by Gasteiger charge is -2.18. The molecule has 1 aliphatic heterocycles. The maximum absolute atomic E-state index is 11.8. The molecule has 92 valence electrons. The van der Waals surface area contributed by atoms with Crippen LogP contribution in [0.15, 0.2) is 12.4 Å². The Labute approximate surface area is 98.6 Å². The van der Waals surface area contributed by atoms with Gasteiger partial charge < -0.3 is 15.5 Å². The zero-order chi connectivity index (χ0) is 12.1. The number of nitrogens with zero attached hydrogens (tertiary/aromatic N) is 2. The normalized spacial score (nSPS) is 16.4. The van der Waals surface area contributed by atoms with Crippen LogP contribution in [0.2, 0.25) is 0 Å². The van der Waals surface area contributed by atoms with Crippen molar-refractivity contribution in [1.29, 1.82) is 0 Å². The van der Waals surface area contributed by atoms with Gasteiger partial charge in [0.25, 0.3) is 0 Å². The van der Waals surface area contributed by atoms with Crippen LogP contribution < -0.4 is 10.6 Å². The van der Waals surface area contributed by atoms with Gasteiger partial charge in [0.2, 0.25) is 0 Å². The quantitative estimate of drug-likeness (QED) is 0.556. The number of rotatable bonds is 1. The molecule has 0 aliphatic carbocycles. The Kier molecular flexibility index (Phi) is 3.71. The molecule has 2 amide bonds. The lowest BCUT2D eigenvalue weighted by molar-refractivity contribution is -0.143. The van der Waals surface area contributed by atoms with Crippen molar-refractivity contribution >= 4 is 17.5 Å². The lowest BCUT2D eigenvalue weighted by atomic mass is 10.3. The number of amides is 2. The molecular formula is C10H15N5O2. The van der Waals surface area contributed by atoms with Gasteiger partial charge in [-0.05, 0) is 13.0 Å². The van der Waals surface area contributed by atoms with E-state index in [4.69, 9.17) is 0 Å². The van der Waals surface area contributed by atoms with Crippen LogP contribution >= 0.6 is 0 Å². The highest BCUT2D eigenvalue weighted by molar-refractivity contribution is 6.39. The average molecular weight is 237 g/mol. The first-order chi connectivity index (χ1) is 8.27. The molecule has 1 aliphatic rings. The second-order valence-corrected chi connectivity index (χ2v) is 3.84. The summed E-state index contributed by atoms with van der Waals surface area (Å²) in [5, 5.41) is 11.9. The predicted molar refractivity (Wildman–Crippen MR) is 61.3 cm³/mol. The van der Waals surface area contributed by atoms with Crippen molar-refractivity contribution < 1.29 is 9.59 Å². The summed E-state index contributed by atoms with van der Waals surface area (Å²) in [6.45, 7) is 2.79. The second kappa shape index (κ2) is 5.44. The minimum Gasteiger partial charge on any atom is -0.333 e. The first kappa shape index (κ1) is 11.6. The molecule has 7 nitrogen and oxygen atoms in total. The molecule has 7 heteroatoms. The summed E-state index contributed by atoms with van der Waals surface area (Å²) in [5.74, 6) is -1.11. The maximum Gasteiger partial charge on any atom is 0.313 e. The lowest BCUT2D eigenvalue weighted by Crippen LogP contribution is -2.41. The van der Waals surface area contributed by atoms with Gasteiger partial charge >= 0.3 is 11.8 Å². The summed E-state index contributed by atoms with van der Waals surface area (Å²) >= 11 is 0. The van der Waals surface area contributed by atoms with Gasteiger partial charge in [0.05, 0.1) is 11.9 Å². The molecule has 0 atom stereocenters. The Morgan fingerprint density at radius 2 is 2.24 bits per heavy atom. The molecule has 1 aromatic heterocycles. The first-order valence-electron chi connectivity index (χ1n) is 5.57. The molecule has 1 fully saturated rings. The standard InChI is InChI=1S/C10H15N5O2/c16-9(14-8-6-12-13-7-8)10(17)15-4-1-2-11-3-5-15/h6-7,11H,1-5H2,(H,12,13)(H,14,16). The van der Waals surface area contributed by atoms with Crippen LogP contribution in [0.3, 0.4) is 0 Å². The minimum atomic E-state index is -0.617. The second-order valence-electron chi connectivity index (χ2n) is 3.84. The largest absolute Gasteiger partial charge is 0.333 e. The van der Waals surface area contributed by atoms with Gasteiger partial charge in [0.15, 0.2) is 0 Å². The summed E-state index contributed by atoms with van der Waals surface area (Å²) in [7, 11) is 0. The number of hydrogen-bond acceptors (Lipinski definition) is 4. The van der Waals surface area contributed by atoms with E-state index >= 15 is 0 Å². The molecule has 1 aromatic rings. The van der Waals surface area contributed by atoms with Crippen LogP contribution in [-0.4, -0.2) is 53.1 Å². The fraction of sp³-hybridized carbons (Fsp3) is 0.500. The molecule has 17 heavy (non-hydrogen) atoms. The van der Waals surface area contributed by atoms with Crippen LogP contribution in [0, 0.1) is 0 Å². The monoisotopic (exact) mass is 237 g/mol. The minimum absolute atomic E-state index is 0.491. The van der Waals surface area contributed by atoms with E-state index < -0.39 is 11.8 Å². The molecule has 2 heterocycles.